The van der Waals surface area contributed by atoms with Gasteiger partial charge in [-0.15, -0.1) is 0 Å². The van der Waals surface area contributed by atoms with Crippen LogP contribution in [0.15, 0.2) is 61.3 Å². The molecule has 1 heterocycles. The van der Waals surface area contributed by atoms with Crippen LogP contribution in [-0.2, 0) is 0 Å². The molecular formula is C18H10Br2FN5O. The Labute approximate surface area is 170 Å². The Bertz CT molecular complexity index is 1120. The largest absolute Gasteiger partial charge is 0.290 e. The van der Waals surface area contributed by atoms with Crippen molar-refractivity contribution in [3.8, 4) is 17.3 Å². The first-order valence-corrected chi connectivity index (χ1v) is 9.11. The average Bonchev–Trinajstić information content (AvgIpc) is 2.66. The lowest BCUT2D eigenvalue weighted by Crippen LogP contribution is -2.16. The molecule has 0 aliphatic heterocycles. The third-order valence-corrected chi connectivity index (χ3v) is 5.52. The fraction of sp³-hybridized carbons (Fsp3) is 0. The van der Waals surface area contributed by atoms with Crippen molar-refractivity contribution >= 4 is 44.0 Å². The second-order valence-electron chi connectivity index (χ2n) is 5.28. The molecule has 27 heavy (non-hydrogen) atoms. The number of aromatic amines is 1. The summed E-state index contributed by atoms with van der Waals surface area (Å²) in [5, 5.41) is 13.2. The smallest absolute Gasteiger partial charge is 0.270 e. The van der Waals surface area contributed by atoms with Crippen molar-refractivity contribution in [3.63, 3.8) is 0 Å². The Morgan fingerprint density at radius 3 is 2.70 bits per heavy atom. The van der Waals surface area contributed by atoms with Gasteiger partial charge in [0.15, 0.2) is 0 Å². The first-order valence-electron chi connectivity index (χ1n) is 7.53. The van der Waals surface area contributed by atoms with Crippen LogP contribution in [0.2, 0.25) is 0 Å². The monoisotopic (exact) mass is 489 g/mol. The number of hydrogen-bond acceptors (Lipinski definition) is 5. The molecule has 0 spiro atoms. The summed E-state index contributed by atoms with van der Waals surface area (Å²) in [5.41, 5.74) is 3.28. The summed E-state index contributed by atoms with van der Waals surface area (Å²) < 4.78 is 14.7. The second-order valence-corrected chi connectivity index (χ2v) is 6.92. The van der Waals surface area contributed by atoms with E-state index in [0.29, 0.717) is 20.1 Å². The molecular weight excluding hydrogens is 481 g/mol. The molecule has 3 aromatic rings. The van der Waals surface area contributed by atoms with Crippen molar-refractivity contribution in [1.29, 1.82) is 5.26 Å². The maximum Gasteiger partial charge on any atom is 0.270 e. The highest BCUT2D eigenvalue weighted by Crippen LogP contribution is 2.27. The summed E-state index contributed by atoms with van der Waals surface area (Å²) >= 11 is 6.57. The van der Waals surface area contributed by atoms with Gasteiger partial charge in [0, 0.05) is 20.1 Å². The van der Waals surface area contributed by atoms with Gasteiger partial charge in [0.05, 0.1) is 11.9 Å². The van der Waals surface area contributed by atoms with Crippen molar-refractivity contribution in [2.24, 2.45) is 5.10 Å². The Kier molecular flexibility index (Phi) is 5.78. The number of hydrazone groups is 1. The third-order valence-electron chi connectivity index (χ3n) is 3.47. The Morgan fingerprint density at radius 1 is 1.26 bits per heavy atom. The summed E-state index contributed by atoms with van der Waals surface area (Å²) in [6.07, 6.45) is 1.37. The molecule has 1 aromatic heterocycles. The Hall–Kier alpha value is -2.83. The SMILES string of the molecule is N#Cc1c(-c2ccccc2)nc(NN=Cc2cc(F)cc(Br)c2Br)[nH]c1=O. The lowest BCUT2D eigenvalue weighted by Gasteiger charge is -2.06. The molecule has 134 valence electrons. The minimum Gasteiger partial charge on any atom is -0.290 e. The van der Waals surface area contributed by atoms with Gasteiger partial charge in [0.2, 0.25) is 5.95 Å². The first-order chi connectivity index (χ1) is 13.0. The summed E-state index contributed by atoms with van der Waals surface area (Å²) in [5.74, 6) is -0.372. The molecule has 0 fully saturated rings. The van der Waals surface area contributed by atoms with Gasteiger partial charge in [-0.1, -0.05) is 30.3 Å². The van der Waals surface area contributed by atoms with E-state index in [1.54, 1.807) is 24.3 Å². The predicted molar refractivity (Wildman–Crippen MR) is 108 cm³/mol. The molecule has 0 saturated carbocycles. The zero-order valence-corrected chi connectivity index (χ0v) is 16.7. The number of anilines is 1. The van der Waals surface area contributed by atoms with Crippen LogP contribution in [0.5, 0.6) is 0 Å². The summed E-state index contributed by atoms with van der Waals surface area (Å²) in [7, 11) is 0. The van der Waals surface area contributed by atoms with Gasteiger partial charge in [-0.25, -0.2) is 14.8 Å². The van der Waals surface area contributed by atoms with Crippen LogP contribution in [0.1, 0.15) is 11.1 Å². The topological polar surface area (TPSA) is 93.9 Å². The van der Waals surface area contributed by atoms with Gasteiger partial charge < -0.3 is 0 Å². The zero-order valence-electron chi connectivity index (χ0n) is 13.5. The van der Waals surface area contributed by atoms with Crippen molar-refractivity contribution in [2.45, 2.75) is 0 Å². The molecule has 2 N–H and O–H groups in total. The molecule has 2 aromatic carbocycles. The maximum atomic E-state index is 13.5. The molecule has 3 rings (SSSR count). The van der Waals surface area contributed by atoms with Crippen LogP contribution in [0.25, 0.3) is 11.3 Å². The summed E-state index contributed by atoms with van der Waals surface area (Å²) in [4.78, 5) is 18.9. The molecule has 0 amide bonds. The molecule has 6 nitrogen and oxygen atoms in total. The number of hydrogen-bond donors (Lipinski definition) is 2. The van der Waals surface area contributed by atoms with Crippen LogP contribution >= 0.6 is 31.9 Å². The van der Waals surface area contributed by atoms with Crippen molar-refractivity contribution in [1.82, 2.24) is 9.97 Å². The minimum absolute atomic E-state index is 0.0562. The zero-order chi connectivity index (χ0) is 19.4. The van der Waals surface area contributed by atoms with Gasteiger partial charge in [0.25, 0.3) is 5.56 Å². The van der Waals surface area contributed by atoms with E-state index in [1.807, 2.05) is 12.1 Å². The number of rotatable bonds is 4. The molecule has 0 saturated heterocycles. The highest BCUT2D eigenvalue weighted by atomic mass is 79.9. The quantitative estimate of drug-likeness (QED) is 0.321. The van der Waals surface area contributed by atoms with Gasteiger partial charge in [-0.3, -0.25) is 9.78 Å². The number of nitrogens with one attached hydrogen (secondary N) is 2. The predicted octanol–water partition coefficient (Wildman–Crippen LogP) is 4.42. The van der Waals surface area contributed by atoms with Crippen LogP contribution in [0, 0.1) is 17.1 Å². The summed E-state index contributed by atoms with van der Waals surface area (Å²) in [6.45, 7) is 0. The second kappa shape index (κ2) is 8.24. The van der Waals surface area contributed by atoms with Crippen molar-refractivity contribution in [3.05, 3.63) is 78.7 Å². The molecule has 0 unspecified atom stereocenters. The standard InChI is InChI=1S/C18H10Br2FN5O/c19-14-7-12(21)6-11(15(14)20)9-23-26-18-24-16(10-4-2-1-3-5-10)13(8-22)17(27)25-18/h1-7,9H,(H2,24,25,26,27). The highest BCUT2D eigenvalue weighted by molar-refractivity contribution is 9.13. The average molecular weight is 491 g/mol. The number of nitrogens with zero attached hydrogens (tertiary/aromatic N) is 3. The van der Waals surface area contributed by atoms with Gasteiger partial charge in [0.1, 0.15) is 17.4 Å². The summed E-state index contributed by atoms with van der Waals surface area (Å²) in [6, 6.07) is 13.4. The molecule has 0 aliphatic carbocycles. The molecule has 0 bridgehead atoms. The normalized spacial score (nSPS) is 10.7. The lowest BCUT2D eigenvalue weighted by atomic mass is 10.1. The van der Waals surface area contributed by atoms with Crippen molar-refractivity contribution < 1.29 is 4.39 Å². The lowest BCUT2D eigenvalue weighted by molar-refractivity contribution is 0.626. The van der Waals surface area contributed by atoms with Crippen LogP contribution < -0.4 is 11.0 Å². The van der Waals surface area contributed by atoms with E-state index < -0.39 is 11.4 Å². The number of halogens is 3. The van der Waals surface area contributed by atoms with E-state index in [4.69, 9.17) is 0 Å². The van der Waals surface area contributed by atoms with Gasteiger partial charge in [-0.05, 0) is 44.0 Å². The van der Waals surface area contributed by atoms with E-state index in [9.17, 15) is 14.4 Å². The van der Waals surface area contributed by atoms with E-state index in [-0.39, 0.29) is 17.2 Å². The fourth-order valence-corrected chi connectivity index (χ4v) is 3.05. The van der Waals surface area contributed by atoms with Gasteiger partial charge >= 0.3 is 0 Å². The third kappa shape index (κ3) is 4.30. The number of nitriles is 1. The first kappa shape index (κ1) is 18.9. The Balaban J connectivity index is 1.94. The Morgan fingerprint density at radius 2 is 2.00 bits per heavy atom. The maximum absolute atomic E-state index is 13.5. The van der Waals surface area contributed by atoms with Crippen LogP contribution in [-0.4, -0.2) is 16.2 Å². The van der Waals surface area contributed by atoms with Crippen LogP contribution in [0.4, 0.5) is 10.3 Å². The number of H-pyrrole nitrogens is 1. The fourth-order valence-electron chi connectivity index (χ4n) is 2.27. The minimum atomic E-state index is -0.585. The van der Waals surface area contributed by atoms with E-state index in [0.717, 1.165) is 0 Å². The molecule has 0 aliphatic rings. The molecule has 0 atom stereocenters. The van der Waals surface area contributed by atoms with Gasteiger partial charge in [-0.2, -0.15) is 10.4 Å². The van der Waals surface area contributed by atoms with E-state index >= 15 is 0 Å². The van der Waals surface area contributed by atoms with Crippen LogP contribution in [0.3, 0.4) is 0 Å². The highest BCUT2D eigenvalue weighted by Gasteiger charge is 2.13. The van der Waals surface area contributed by atoms with E-state index in [2.05, 4.69) is 52.4 Å². The van der Waals surface area contributed by atoms with Crippen molar-refractivity contribution in [2.75, 3.05) is 5.43 Å². The van der Waals surface area contributed by atoms with E-state index in [1.165, 1.54) is 18.3 Å². The molecule has 0 radical (unpaired) electrons. The number of benzene rings is 2. The number of aromatic nitrogens is 2. The molecule has 9 heteroatoms.